The standard InChI is InChI=1S/C35H25Cl2N3O2/c1-19-26(21-8-6-7-13-29(21)39(19)18-20-14-15-27(36)28(37)16-20)17-38-40-34(41)32-30-22-9-2-3-10-23(22)31(33(32)35(40)42)25-12-5-4-11-24(25)30/h2-17,30-33H,18H2,1H3/b38-17-/t30?,31?,32-,33-/m0/s1. The molecule has 0 saturated carbocycles. The number of halogens is 2. The summed E-state index contributed by atoms with van der Waals surface area (Å²) in [5.41, 5.74) is 8.48. The van der Waals surface area contributed by atoms with Crippen LogP contribution >= 0.6 is 23.2 Å². The van der Waals surface area contributed by atoms with Crippen molar-refractivity contribution in [2.24, 2.45) is 16.9 Å². The molecule has 7 heteroatoms. The fraction of sp³-hybridized carbons (Fsp3) is 0.171. The molecule has 1 saturated heterocycles. The minimum atomic E-state index is -0.457. The molecule has 1 aromatic heterocycles. The fourth-order valence-electron chi connectivity index (χ4n) is 7.54. The van der Waals surface area contributed by atoms with E-state index in [4.69, 9.17) is 23.2 Å². The van der Waals surface area contributed by atoms with E-state index in [1.165, 1.54) is 0 Å². The lowest BCUT2D eigenvalue weighted by atomic mass is 9.55. The Hall–Kier alpha value is -4.19. The van der Waals surface area contributed by atoms with Crippen molar-refractivity contribution < 1.29 is 9.59 Å². The molecule has 5 aromatic rings. The topological polar surface area (TPSA) is 54.7 Å². The van der Waals surface area contributed by atoms with E-state index in [9.17, 15) is 9.59 Å². The lowest BCUT2D eigenvalue weighted by molar-refractivity contribution is -0.139. The van der Waals surface area contributed by atoms with Crippen LogP contribution in [0.15, 0.2) is 96.1 Å². The summed E-state index contributed by atoms with van der Waals surface area (Å²) in [4.78, 5) is 28.0. The van der Waals surface area contributed by atoms with Crippen molar-refractivity contribution in [2.45, 2.75) is 25.3 Å². The van der Waals surface area contributed by atoms with Gasteiger partial charge in [-0.2, -0.15) is 10.1 Å². The first-order valence-electron chi connectivity index (χ1n) is 14.0. The van der Waals surface area contributed by atoms with Gasteiger partial charge in [0.2, 0.25) is 0 Å². The Morgan fingerprint density at radius 2 is 1.29 bits per heavy atom. The van der Waals surface area contributed by atoms with E-state index in [1.54, 1.807) is 12.3 Å². The van der Waals surface area contributed by atoms with E-state index in [0.29, 0.717) is 16.6 Å². The number of hydrogen-bond donors (Lipinski definition) is 0. The largest absolute Gasteiger partial charge is 0.340 e. The minimum absolute atomic E-state index is 0.154. The second-order valence-corrected chi connectivity index (χ2v) is 12.2. The lowest BCUT2D eigenvalue weighted by Gasteiger charge is -2.45. The molecule has 9 rings (SSSR count). The van der Waals surface area contributed by atoms with Gasteiger partial charge in [-0.3, -0.25) is 9.59 Å². The Morgan fingerprint density at radius 3 is 1.86 bits per heavy atom. The third-order valence-electron chi connectivity index (χ3n) is 9.33. The number of carbonyl (C=O) groups excluding carboxylic acids is 2. The van der Waals surface area contributed by atoms with Gasteiger partial charge in [0.05, 0.1) is 28.1 Å². The molecule has 4 aromatic carbocycles. The normalized spacial score (nSPS) is 22.2. The molecule has 0 radical (unpaired) electrons. The smallest absolute Gasteiger partial charge is 0.254 e. The van der Waals surface area contributed by atoms with Gasteiger partial charge >= 0.3 is 0 Å². The van der Waals surface area contributed by atoms with Crippen LogP contribution in [-0.4, -0.2) is 27.6 Å². The highest BCUT2D eigenvalue weighted by molar-refractivity contribution is 6.42. The van der Waals surface area contributed by atoms with Crippen molar-refractivity contribution in [3.05, 3.63) is 140 Å². The molecule has 2 amide bonds. The third kappa shape index (κ3) is 3.53. The summed E-state index contributed by atoms with van der Waals surface area (Å²) in [6, 6.07) is 30.2. The number of rotatable bonds is 4. The summed E-state index contributed by atoms with van der Waals surface area (Å²) in [6.07, 6.45) is 1.68. The zero-order chi connectivity index (χ0) is 28.7. The molecule has 2 atom stereocenters. The minimum Gasteiger partial charge on any atom is -0.340 e. The van der Waals surface area contributed by atoms with E-state index in [2.05, 4.69) is 40.0 Å². The second kappa shape index (κ2) is 9.41. The van der Waals surface area contributed by atoms with Crippen LogP contribution in [0.25, 0.3) is 10.9 Å². The van der Waals surface area contributed by atoms with Crippen LogP contribution in [0.2, 0.25) is 10.0 Å². The Labute approximate surface area is 253 Å². The van der Waals surface area contributed by atoms with Crippen molar-refractivity contribution in [1.82, 2.24) is 9.58 Å². The summed E-state index contributed by atoms with van der Waals surface area (Å²) in [5, 5.41) is 7.77. The number of imide groups is 1. The number of nitrogens with zero attached hydrogens (tertiary/aromatic N) is 3. The van der Waals surface area contributed by atoms with E-state index in [-0.39, 0.29) is 23.7 Å². The summed E-state index contributed by atoms with van der Waals surface area (Å²) in [6.45, 7) is 2.61. The Morgan fingerprint density at radius 1 is 0.738 bits per heavy atom. The zero-order valence-corrected chi connectivity index (χ0v) is 24.2. The molecule has 5 nitrogen and oxygen atoms in total. The monoisotopic (exact) mass is 589 g/mol. The van der Waals surface area contributed by atoms with Gasteiger partial charge < -0.3 is 4.57 Å². The molecule has 3 aliphatic carbocycles. The molecule has 42 heavy (non-hydrogen) atoms. The van der Waals surface area contributed by atoms with E-state index in [1.807, 2.05) is 61.5 Å². The van der Waals surface area contributed by atoms with E-state index >= 15 is 0 Å². The van der Waals surface area contributed by atoms with E-state index < -0.39 is 11.8 Å². The highest BCUT2D eigenvalue weighted by atomic mass is 35.5. The van der Waals surface area contributed by atoms with Gasteiger partial charge in [0, 0.05) is 40.5 Å². The van der Waals surface area contributed by atoms with Gasteiger partial charge in [0.1, 0.15) is 0 Å². The number of hydrazone groups is 1. The maximum absolute atomic E-state index is 14.0. The number of para-hydroxylation sites is 1. The number of carbonyl (C=O) groups is 2. The number of hydrogen-bond acceptors (Lipinski definition) is 3. The average Bonchev–Trinajstić information content (AvgIpc) is 3.42. The summed E-state index contributed by atoms with van der Waals surface area (Å²) >= 11 is 12.4. The molecule has 2 heterocycles. The van der Waals surface area contributed by atoms with Gasteiger partial charge in [-0.1, -0.05) is 96.0 Å². The maximum Gasteiger partial charge on any atom is 0.254 e. The van der Waals surface area contributed by atoms with E-state index in [0.717, 1.165) is 55.0 Å². The summed E-state index contributed by atoms with van der Waals surface area (Å²) in [5.74, 6) is -1.67. The van der Waals surface area contributed by atoms with Crippen molar-refractivity contribution in [3.63, 3.8) is 0 Å². The Kier molecular flexibility index (Phi) is 5.72. The summed E-state index contributed by atoms with van der Waals surface area (Å²) in [7, 11) is 0. The fourth-order valence-corrected chi connectivity index (χ4v) is 7.86. The van der Waals surface area contributed by atoms with Gasteiger partial charge in [-0.05, 0) is 52.9 Å². The predicted octanol–water partition coefficient (Wildman–Crippen LogP) is 7.53. The van der Waals surface area contributed by atoms with Gasteiger partial charge in [0.15, 0.2) is 0 Å². The van der Waals surface area contributed by atoms with Crippen LogP contribution in [0.5, 0.6) is 0 Å². The first-order chi connectivity index (χ1) is 20.4. The second-order valence-electron chi connectivity index (χ2n) is 11.3. The van der Waals surface area contributed by atoms with Crippen LogP contribution in [0.4, 0.5) is 0 Å². The number of amides is 2. The quantitative estimate of drug-likeness (QED) is 0.161. The molecule has 0 N–H and O–H groups in total. The van der Waals surface area contributed by atoms with Crippen molar-refractivity contribution in [1.29, 1.82) is 0 Å². The molecule has 0 spiro atoms. The Bertz CT molecular complexity index is 1880. The maximum atomic E-state index is 14.0. The number of fused-ring (bicyclic) bond motifs is 1. The molecular weight excluding hydrogens is 565 g/mol. The first kappa shape index (κ1) is 25.5. The van der Waals surface area contributed by atoms with Crippen LogP contribution in [0.3, 0.4) is 0 Å². The van der Waals surface area contributed by atoms with Crippen molar-refractivity contribution in [3.8, 4) is 0 Å². The highest BCUT2D eigenvalue weighted by Crippen LogP contribution is 2.61. The van der Waals surface area contributed by atoms with Gasteiger partial charge in [-0.25, -0.2) is 0 Å². The Balaban J connectivity index is 1.18. The lowest BCUT2D eigenvalue weighted by Crippen LogP contribution is -2.41. The number of benzene rings is 4. The molecule has 4 aliphatic rings. The molecule has 0 unspecified atom stereocenters. The van der Waals surface area contributed by atoms with Crippen LogP contribution in [-0.2, 0) is 16.1 Å². The molecular formula is C35H25Cl2N3O2. The van der Waals surface area contributed by atoms with Crippen LogP contribution < -0.4 is 0 Å². The molecule has 1 aliphatic heterocycles. The highest BCUT2D eigenvalue weighted by Gasteiger charge is 2.61. The summed E-state index contributed by atoms with van der Waals surface area (Å²) < 4.78 is 2.19. The molecule has 206 valence electrons. The average molecular weight is 591 g/mol. The van der Waals surface area contributed by atoms with Crippen LogP contribution in [0.1, 0.15) is 50.9 Å². The molecule has 1 fully saturated rings. The van der Waals surface area contributed by atoms with Crippen LogP contribution in [0, 0.1) is 18.8 Å². The van der Waals surface area contributed by atoms with Gasteiger partial charge in [0.25, 0.3) is 11.8 Å². The SMILES string of the molecule is Cc1c(/C=N\N2C(=O)[C@H]3C4c5ccccc5C(c5ccccc54)[C@@H]3C2=O)c2ccccc2n1Cc1ccc(Cl)c(Cl)c1. The third-order valence-corrected chi connectivity index (χ3v) is 10.1. The zero-order valence-electron chi connectivity index (χ0n) is 22.7. The predicted molar refractivity (Wildman–Crippen MR) is 165 cm³/mol. The van der Waals surface area contributed by atoms with Gasteiger partial charge in [-0.15, -0.1) is 0 Å². The molecule has 2 bridgehead atoms. The first-order valence-corrected chi connectivity index (χ1v) is 14.8. The number of aromatic nitrogens is 1. The van der Waals surface area contributed by atoms with Crippen molar-refractivity contribution in [2.75, 3.05) is 0 Å². The van der Waals surface area contributed by atoms with Crippen molar-refractivity contribution >= 4 is 52.1 Å².